The zero-order chi connectivity index (χ0) is 12.5. The molecule has 2 aliphatic carbocycles. The van der Waals surface area contributed by atoms with E-state index in [1.807, 2.05) is 6.33 Å². The zero-order valence-electron chi connectivity index (χ0n) is 11.4. The van der Waals surface area contributed by atoms with E-state index in [-0.39, 0.29) is 6.04 Å². The van der Waals surface area contributed by atoms with Crippen LogP contribution in [0.15, 0.2) is 12.5 Å². The molecule has 0 saturated heterocycles. The average Bonchev–Trinajstić information content (AvgIpc) is 3.06. The van der Waals surface area contributed by atoms with Gasteiger partial charge in [0.05, 0.1) is 12.0 Å². The first-order chi connectivity index (χ1) is 8.74. The lowest BCUT2D eigenvalue weighted by molar-refractivity contribution is 0.295. The van der Waals surface area contributed by atoms with Gasteiger partial charge in [-0.1, -0.05) is 13.3 Å². The van der Waals surface area contributed by atoms with Crippen molar-refractivity contribution in [2.24, 2.45) is 23.5 Å². The summed E-state index contributed by atoms with van der Waals surface area (Å²) in [5, 5.41) is 0. The van der Waals surface area contributed by atoms with Crippen LogP contribution in [-0.4, -0.2) is 15.6 Å². The molecule has 0 aliphatic heterocycles. The summed E-state index contributed by atoms with van der Waals surface area (Å²) in [5.74, 6) is 2.95. The molecular weight excluding hydrogens is 222 g/mol. The van der Waals surface area contributed by atoms with Crippen molar-refractivity contribution in [1.82, 2.24) is 9.55 Å². The van der Waals surface area contributed by atoms with Gasteiger partial charge < -0.3 is 10.3 Å². The summed E-state index contributed by atoms with van der Waals surface area (Å²) in [6.07, 6.45) is 12.1. The van der Waals surface area contributed by atoms with Gasteiger partial charge in [0.25, 0.3) is 0 Å². The molecule has 1 aromatic rings. The highest BCUT2D eigenvalue weighted by Gasteiger charge is 2.39. The Morgan fingerprint density at radius 2 is 2.33 bits per heavy atom. The third kappa shape index (κ3) is 2.46. The molecular formula is C15H25N3. The predicted octanol–water partition coefficient (Wildman–Crippen LogP) is 2.60. The van der Waals surface area contributed by atoms with Crippen molar-refractivity contribution in [2.75, 3.05) is 0 Å². The van der Waals surface area contributed by atoms with Crippen LogP contribution in [-0.2, 0) is 13.0 Å². The van der Waals surface area contributed by atoms with Crippen molar-refractivity contribution >= 4 is 0 Å². The topological polar surface area (TPSA) is 43.8 Å². The number of nitrogens with zero attached hydrogens (tertiary/aromatic N) is 2. The van der Waals surface area contributed by atoms with Crippen LogP contribution in [0.25, 0.3) is 0 Å². The number of nitrogens with two attached hydrogens (primary N) is 1. The Morgan fingerprint density at radius 3 is 3.00 bits per heavy atom. The maximum absolute atomic E-state index is 5.98. The fraction of sp³-hybridized carbons (Fsp3) is 0.800. The van der Waals surface area contributed by atoms with Crippen LogP contribution in [0, 0.1) is 17.8 Å². The van der Waals surface area contributed by atoms with Crippen LogP contribution >= 0.6 is 0 Å². The summed E-state index contributed by atoms with van der Waals surface area (Å²) in [6.45, 7) is 3.31. The normalized spacial score (nSPS) is 32.0. The minimum absolute atomic E-state index is 0.260. The molecule has 0 amide bonds. The molecule has 2 aliphatic rings. The summed E-state index contributed by atoms with van der Waals surface area (Å²) < 4.78 is 2.29. The Kier molecular flexibility index (Phi) is 3.42. The third-order valence-electron chi connectivity index (χ3n) is 5.01. The maximum atomic E-state index is 5.98. The highest BCUT2D eigenvalue weighted by Crippen LogP contribution is 2.48. The Labute approximate surface area is 110 Å². The van der Waals surface area contributed by atoms with E-state index < -0.39 is 0 Å². The first-order valence-corrected chi connectivity index (χ1v) is 7.50. The Hall–Kier alpha value is -0.830. The van der Waals surface area contributed by atoms with Crippen molar-refractivity contribution in [2.45, 2.75) is 58.0 Å². The predicted molar refractivity (Wildman–Crippen MR) is 73.1 cm³/mol. The molecule has 4 unspecified atom stereocenters. The Morgan fingerprint density at radius 1 is 1.44 bits per heavy atom. The highest BCUT2D eigenvalue weighted by atomic mass is 15.0. The van der Waals surface area contributed by atoms with E-state index in [9.17, 15) is 0 Å². The fourth-order valence-electron chi connectivity index (χ4n) is 3.90. The van der Waals surface area contributed by atoms with E-state index in [0.717, 1.165) is 36.3 Å². The summed E-state index contributed by atoms with van der Waals surface area (Å²) in [5.41, 5.74) is 7.14. The fourth-order valence-corrected chi connectivity index (χ4v) is 3.90. The minimum atomic E-state index is 0.260. The molecule has 3 rings (SSSR count). The number of rotatable bonds is 5. The van der Waals surface area contributed by atoms with Crippen LogP contribution < -0.4 is 5.73 Å². The molecule has 0 radical (unpaired) electrons. The van der Waals surface area contributed by atoms with Crippen LogP contribution in [0.1, 0.15) is 44.7 Å². The molecule has 1 aromatic heterocycles. The van der Waals surface area contributed by atoms with Crippen LogP contribution in [0.4, 0.5) is 0 Å². The van der Waals surface area contributed by atoms with Crippen molar-refractivity contribution in [3.8, 4) is 0 Å². The van der Waals surface area contributed by atoms with Crippen LogP contribution in [0.2, 0.25) is 0 Å². The number of hydrogen-bond donors (Lipinski definition) is 1. The molecule has 2 saturated carbocycles. The molecule has 0 aromatic carbocycles. The van der Waals surface area contributed by atoms with Gasteiger partial charge in [-0.3, -0.25) is 0 Å². The first-order valence-electron chi connectivity index (χ1n) is 7.50. The van der Waals surface area contributed by atoms with E-state index in [4.69, 9.17) is 5.73 Å². The summed E-state index contributed by atoms with van der Waals surface area (Å²) in [4.78, 5) is 4.49. The number of fused-ring (bicyclic) bond motifs is 2. The van der Waals surface area contributed by atoms with E-state index in [1.54, 1.807) is 0 Å². The van der Waals surface area contributed by atoms with Gasteiger partial charge in [0, 0.05) is 25.2 Å². The van der Waals surface area contributed by atoms with E-state index >= 15 is 0 Å². The smallest absolute Gasteiger partial charge is 0.0949 e. The Bertz CT molecular complexity index is 398. The van der Waals surface area contributed by atoms with Crippen molar-refractivity contribution in [3.05, 3.63) is 18.2 Å². The molecule has 18 heavy (non-hydrogen) atoms. The zero-order valence-corrected chi connectivity index (χ0v) is 11.4. The molecule has 100 valence electrons. The van der Waals surface area contributed by atoms with Gasteiger partial charge in [-0.05, 0) is 43.4 Å². The summed E-state index contributed by atoms with van der Waals surface area (Å²) in [6, 6.07) is 0.260. The van der Waals surface area contributed by atoms with Gasteiger partial charge in [0.2, 0.25) is 0 Å². The second kappa shape index (κ2) is 5.04. The van der Waals surface area contributed by atoms with Gasteiger partial charge in [0.15, 0.2) is 0 Å². The average molecular weight is 247 g/mol. The molecule has 4 atom stereocenters. The largest absolute Gasteiger partial charge is 0.337 e. The number of aromatic nitrogens is 2. The molecule has 1 heterocycles. The highest BCUT2D eigenvalue weighted by molar-refractivity contribution is 5.00. The van der Waals surface area contributed by atoms with Gasteiger partial charge in [-0.25, -0.2) is 4.98 Å². The molecule has 3 heteroatoms. The molecule has 2 N–H and O–H groups in total. The number of imidazole rings is 1. The van der Waals surface area contributed by atoms with E-state index in [1.165, 1.54) is 32.2 Å². The van der Waals surface area contributed by atoms with Crippen LogP contribution in [0.3, 0.4) is 0 Å². The van der Waals surface area contributed by atoms with Gasteiger partial charge >= 0.3 is 0 Å². The quantitative estimate of drug-likeness (QED) is 0.869. The lowest BCUT2D eigenvalue weighted by atomic mass is 9.89. The summed E-state index contributed by atoms with van der Waals surface area (Å²) in [7, 11) is 0. The molecule has 2 fully saturated rings. The second-order valence-corrected chi connectivity index (χ2v) is 6.37. The van der Waals surface area contributed by atoms with E-state index in [2.05, 4.69) is 22.7 Å². The maximum Gasteiger partial charge on any atom is 0.0949 e. The van der Waals surface area contributed by atoms with Crippen molar-refractivity contribution < 1.29 is 0 Å². The van der Waals surface area contributed by atoms with Crippen molar-refractivity contribution in [3.63, 3.8) is 0 Å². The number of hydrogen-bond acceptors (Lipinski definition) is 2. The lowest BCUT2D eigenvalue weighted by Gasteiger charge is -2.21. The Balaban J connectivity index is 1.57. The van der Waals surface area contributed by atoms with Crippen molar-refractivity contribution in [1.29, 1.82) is 0 Å². The monoisotopic (exact) mass is 247 g/mol. The minimum Gasteiger partial charge on any atom is -0.337 e. The third-order valence-corrected chi connectivity index (χ3v) is 5.01. The van der Waals surface area contributed by atoms with Crippen LogP contribution in [0.5, 0.6) is 0 Å². The van der Waals surface area contributed by atoms with E-state index in [0.29, 0.717) is 0 Å². The van der Waals surface area contributed by atoms with Gasteiger partial charge in [-0.15, -0.1) is 0 Å². The molecule has 0 spiro atoms. The lowest BCUT2D eigenvalue weighted by Crippen LogP contribution is -2.21. The van der Waals surface area contributed by atoms with Gasteiger partial charge in [0.1, 0.15) is 0 Å². The first kappa shape index (κ1) is 12.2. The SMILES string of the molecule is CCC(N)Cc1cn(CC2CC3CCC2C3)cn1. The standard InChI is InChI=1S/C15H25N3/c1-2-14(16)7-15-9-18(10-17-15)8-13-6-11-3-4-12(13)5-11/h9-14H,2-8,16H2,1H3. The molecule has 2 bridgehead atoms. The summed E-state index contributed by atoms with van der Waals surface area (Å²) >= 11 is 0. The second-order valence-electron chi connectivity index (χ2n) is 6.37. The molecule has 3 nitrogen and oxygen atoms in total. The van der Waals surface area contributed by atoms with Gasteiger partial charge in [-0.2, -0.15) is 0 Å².